The van der Waals surface area contributed by atoms with E-state index in [1.807, 2.05) is 6.20 Å². The molecule has 0 amide bonds. The van der Waals surface area contributed by atoms with Crippen LogP contribution in [0.4, 0.5) is 0 Å². The molecule has 0 aliphatic heterocycles. The largest absolute Gasteiger partial charge is 0.312 e. The molecule has 3 nitrogen and oxygen atoms in total. The number of pyridine rings is 1. The average molecular weight is 328 g/mol. The quantitative estimate of drug-likeness (QED) is 0.834. The van der Waals surface area contributed by atoms with Crippen LogP contribution in [0.5, 0.6) is 0 Å². The third kappa shape index (κ3) is 4.86. The molecule has 1 atom stereocenters. The fourth-order valence-corrected chi connectivity index (χ4v) is 2.17. The molecule has 1 aromatic rings. The summed E-state index contributed by atoms with van der Waals surface area (Å²) in [5.74, 6) is 0. The molecule has 108 valence electrons. The topological polar surface area (TPSA) is 28.2 Å². The van der Waals surface area contributed by atoms with Gasteiger partial charge in [-0.25, -0.2) is 0 Å². The zero-order valence-corrected chi connectivity index (χ0v) is 14.3. The van der Waals surface area contributed by atoms with E-state index < -0.39 is 0 Å². The molecule has 19 heavy (non-hydrogen) atoms. The molecule has 0 saturated heterocycles. The van der Waals surface area contributed by atoms with Gasteiger partial charge in [-0.05, 0) is 69.0 Å². The van der Waals surface area contributed by atoms with Crippen molar-refractivity contribution in [2.75, 3.05) is 20.6 Å². The van der Waals surface area contributed by atoms with Gasteiger partial charge in [0, 0.05) is 34.4 Å². The first-order valence-electron chi connectivity index (χ1n) is 6.89. The van der Waals surface area contributed by atoms with Crippen LogP contribution in [0.1, 0.15) is 32.9 Å². The van der Waals surface area contributed by atoms with E-state index in [0.717, 1.165) is 29.6 Å². The molecule has 1 N–H and O–H groups in total. The van der Waals surface area contributed by atoms with Gasteiger partial charge in [0.05, 0.1) is 0 Å². The van der Waals surface area contributed by atoms with Gasteiger partial charge in [-0.1, -0.05) is 6.92 Å². The van der Waals surface area contributed by atoms with Crippen LogP contribution in [-0.2, 0) is 6.42 Å². The van der Waals surface area contributed by atoms with Crippen LogP contribution in [0.2, 0.25) is 0 Å². The molecule has 1 heterocycles. The fourth-order valence-electron chi connectivity index (χ4n) is 1.94. The van der Waals surface area contributed by atoms with Crippen molar-refractivity contribution in [2.45, 2.75) is 45.2 Å². The highest BCUT2D eigenvalue weighted by Crippen LogP contribution is 2.19. The highest BCUT2D eigenvalue weighted by atomic mass is 79.9. The van der Waals surface area contributed by atoms with Crippen molar-refractivity contribution in [3.63, 3.8) is 0 Å². The highest BCUT2D eigenvalue weighted by molar-refractivity contribution is 9.10. The maximum absolute atomic E-state index is 4.49. The van der Waals surface area contributed by atoms with Crippen LogP contribution in [0.3, 0.4) is 0 Å². The second-order valence-corrected chi connectivity index (χ2v) is 6.64. The number of nitrogens with one attached hydrogen (secondary N) is 1. The number of rotatable bonds is 7. The summed E-state index contributed by atoms with van der Waals surface area (Å²) in [5, 5.41) is 3.66. The molecule has 0 aliphatic carbocycles. The second-order valence-electron chi connectivity index (χ2n) is 5.73. The molecule has 4 heteroatoms. The Balaban J connectivity index is 2.82. The Kier molecular flexibility index (Phi) is 6.43. The lowest BCUT2D eigenvalue weighted by Crippen LogP contribution is -2.56. The molecule has 0 aliphatic rings. The molecule has 0 bridgehead atoms. The first kappa shape index (κ1) is 16.6. The van der Waals surface area contributed by atoms with Gasteiger partial charge < -0.3 is 10.2 Å². The second kappa shape index (κ2) is 7.36. The van der Waals surface area contributed by atoms with E-state index in [1.165, 1.54) is 0 Å². The van der Waals surface area contributed by atoms with E-state index in [1.54, 1.807) is 0 Å². The maximum atomic E-state index is 4.49. The Morgan fingerprint density at radius 1 is 1.37 bits per heavy atom. The minimum atomic E-state index is 0.0872. The standard InChI is InChI=1S/C15H26BrN3/c1-6-9-17-14(15(2,3)19(4)5)10-13-8-7-12(16)11-18-13/h7-8,11,14,17H,6,9-10H2,1-5H3. The van der Waals surface area contributed by atoms with Crippen molar-refractivity contribution in [1.82, 2.24) is 15.2 Å². The predicted octanol–water partition coefficient (Wildman–Crippen LogP) is 3.10. The van der Waals surface area contributed by atoms with Gasteiger partial charge in [0.25, 0.3) is 0 Å². The Bertz CT molecular complexity index is 373. The summed E-state index contributed by atoms with van der Waals surface area (Å²) >= 11 is 3.43. The first-order valence-corrected chi connectivity index (χ1v) is 7.68. The lowest BCUT2D eigenvalue weighted by atomic mass is 9.89. The van der Waals surface area contributed by atoms with Gasteiger partial charge >= 0.3 is 0 Å². The zero-order chi connectivity index (χ0) is 14.5. The van der Waals surface area contributed by atoms with Gasteiger partial charge in [-0.3, -0.25) is 4.98 Å². The number of likely N-dealkylation sites (N-methyl/N-ethyl adjacent to an activating group) is 1. The summed E-state index contributed by atoms with van der Waals surface area (Å²) < 4.78 is 1.03. The van der Waals surface area contributed by atoms with Gasteiger partial charge in [0.15, 0.2) is 0 Å². The Hall–Kier alpha value is -0.450. The van der Waals surface area contributed by atoms with Crippen molar-refractivity contribution < 1.29 is 0 Å². The number of hydrogen-bond acceptors (Lipinski definition) is 3. The normalized spacial score (nSPS) is 13.8. The molecule has 0 saturated carbocycles. The summed E-state index contributed by atoms with van der Waals surface area (Å²) in [7, 11) is 4.27. The average Bonchev–Trinajstić information content (AvgIpc) is 2.36. The summed E-state index contributed by atoms with van der Waals surface area (Å²) in [5.41, 5.74) is 1.22. The fraction of sp³-hybridized carbons (Fsp3) is 0.667. The molecule has 1 aromatic heterocycles. The third-order valence-corrected chi connectivity index (χ3v) is 4.32. The zero-order valence-electron chi connectivity index (χ0n) is 12.7. The van der Waals surface area contributed by atoms with Crippen molar-refractivity contribution in [3.05, 3.63) is 28.5 Å². The van der Waals surface area contributed by atoms with Gasteiger partial charge in [0.2, 0.25) is 0 Å². The lowest BCUT2D eigenvalue weighted by Gasteiger charge is -2.40. The highest BCUT2D eigenvalue weighted by Gasteiger charge is 2.31. The monoisotopic (exact) mass is 327 g/mol. The number of aromatic nitrogens is 1. The summed E-state index contributed by atoms with van der Waals surface area (Å²) in [4.78, 5) is 6.77. The van der Waals surface area contributed by atoms with E-state index >= 15 is 0 Å². The van der Waals surface area contributed by atoms with Crippen LogP contribution >= 0.6 is 15.9 Å². The van der Waals surface area contributed by atoms with E-state index in [2.05, 4.69) is 78.1 Å². The third-order valence-electron chi connectivity index (χ3n) is 3.85. The smallest absolute Gasteiger partial charge is 0.0420 e. The van der Waals surface area contributed by atoms with Crippen LogP contribution in [0, 0.1) is 0 Å². The van der Waals surface area contributed by atoms with Crippen LogP contribution in [0.15, 0.2) is 22.8 Å². The van der Waals surface area contributed by atoms with Crippen molar-refractivity contribution in [1.29, 1.82) is 0 Å². The Labute approximate surface area is 125 Å². The van der Waals surface area contributed by atoms with Crippen molar-refractivity contribution in [3.8, 4) is 0 Å². The molecule has 1 rings (SSSR count). The predicted molar refractivity (Wildman–Crippen MR) is 85.5 cm³/mol. The molecule has 1 unspecified atom stereocenters. The molecule has 0 radical (unpaired) electrons. The first-order chi connectivity index (χ1) is 8.87. The minimum Gasteiger partial charge on any atom is -0.312 e. The molecular weight excluding hydrogens is 302 g/mol. The van der Waals surface area contributed by atoms with Crippen LogP contribution in [0.25, 0.3) is 0 Å². The van der Waals surface area contributed by atoms with Crippen LogP contribution < -0.4 is 5.32 Å². The molecule has 0 aromatic carbocycles. The Morgan fingerprint density at radius 2 is 2.05 bits per heavy atom. The molecule has 0 fully saturated rings. The van der Waals surface area contributed by atoms with E-state index in [0.29, 0.717) is 6.04 Å². The summed E-state index contributed by atoms with van der Waals surface area (Å²) in [6.45, 7) is 7.79. The number of halogens is 1. The van der Waals surface area contributed by atoms with E-state index in [9.17, 15) is 0 Å². The molecule has 0 spiro atoms. The summed E-state index contributed by atoms with van der Waals surface area (Å²) in [6.07, 6.45) is 3.96. The van der Waals surface area contributed by atoms with E-state index in [4.69, 9.17) is 0 Å². The van der Waals surface area contributed by atoms with E-state index in [-0.39, 0.29) is 5.54 Å². The summed E-state index contributed by atoms with van der Waals surface area (Å²) in [6, 6.07) is 4.54. The number of hydrogen-bond donors (Lipinski definition) is 1. The lowest BCUT2D eigenvalue weighted by molar-refractivity contribution is 0.136. The van der Waals surface area contributed by atoms with Crippen molar-refractivity contribution in [2.24, 2.45) is 0 Å². The van der Waals surface area contributed by atoms with Gasteiger partial charge in [-0.2, -0.15) is 0 Å². The van der Waals surface area contributed by atoms with Gasteiger partial charge in [0.1, 0.15) is 0 Å². The SMILES string of the molecule is CCCNC(Cc1ccc(Br)cn1)C(C)(C)N(C)C. The van der Waals surface area contributed by atoms with Gasteiger partial charge in [-0.15, -0.1) is 0 Å². The molecular formula is C15H26BrN3. The van der Waals surface area contributed by atoms with Crippen LogP contribution in [-0.4, -0.2) is 42.1 Å². The van der Waals surface area contributed by atoms with Crippen molar-refractivity contribution >= 4 is 15.9 Å². The maximum Gasteiger partial charge on any atom is 0.0420 e. The Morgan fingerprint density at radius 3 is 2.53 bits per heavy atom. The number of nitrogens with zero attached hydrogens (tertiary/aromatic N) is 2. The minimum absolute atomic E-state index is 0.0872.